The van der Waals surface area contributed by atoms with Gasteiger partial charge in [0, 0.05) is 5.92 Å². The van der Waals surface area contributed by atoms with Gasteiger partial charge in [-0.3, -0.25) is 0 Å². The maximum atomic E-state index is 10.2. The van der Waals surface area contributed by atoms with E-state index in [9.17, 15) is 10.2 Å². The van der Waals surface area contributed by atoms with E-state index >= 15 is 0 Å². The molecule has 0 aromatic rings. The Bertz CT molecular complexity index is 170. The number of rotatable bonds is 10. The van der Waals surface area contributed by atoms with Gasteiger partial charge in [-0.05, 0) is 18.8 Å². The van der Waals surface area contributed by atoms with Gasteiger partial charge in [-0.15, -0.1) is 0 Å². The summed E-state index contributed by atoms with van der Waals surface area (Å²) in [7, 11) is 0. The molecule has 0 aromatic carbocycles. The van der Waals surface area contributed by atoms with Crippen molar-refractivity contribution in [1.29, 1.82) is 0 Å². The first-order valence-electron chi connectivity index (χ1n) is 7.40. The van der Waals surface area contributed by atoms with Crippen molar-refractivity contribution in [3.63, 3.8) is 0 Å². The Labute approximate surface area is 107 Å². The molecular formula is C15H32O2. The Kier molecular flexibility index (Phi) is 9.85. The van der Waals surface area contributed by atoms with Crippen LogP contribution in [0, 0.1) is 11.8 Å². The van der Waals surface area contributed by atoms with E-state index in [2.05, 4.69) is 20.8 Å². The molecule has 0 fully saturated rings. The Hall–Kier alpha value is -0.0800. The average molecular weight is 244 g/mol. The highest BCUT2D eigenvalue weighted by molar-refractivity contribution is 4.76. The Morgan fingerprint density at radius 2 is 1.41 bits per heavy atom. The summed E-state index contributed by atoms with van der Waals surface area (Å²) in [4.78, 5) is 0. The van der Waals surface area contributed by atoms with Crippen LogP contribution in [0.4, 0.5) is 0 Å². The van der Waals surface area contributed by atoms with Gasteiger partial charge in [0.15, 0.2) is 0 Å². The van der Waals surface area contributed by atoms with Crippen LogP contribution in [0.2, 0.25) is 0 Å². The predicted octanol–water partition coefficient (Wildman–Crippen LogP) is 3.75. The largest absolute Gasteiger partial charge is 0.393 e. The highest BCUT2D eigenvalue weighted by atomic mass is 16.3. The minimum absolute atomic E-state index is 0.00119. The van der Waals surface area contributed by atoms with E-state index in [1.165, 1.54) is 19.3 Å². The van der Waals surface area contributed by atoms with Gasteiger partial charge in [0.05, 0.1) is 12.2 Å². The van der Waals surface area contributed by atoms with Crippen LogP contribution < -0.4 is 0 Å². The average Bonchev–Trinajstić information content (AvgIpc) is 2.34. The van der Waals surface area contributed by atoms with E-state index in [1.807, 2.05) is 6.92 Å². The van der Waals surface area contributed by atoms with Gasteiger partial charge in [0.25, 0.3) is 0 Å². The van der Waals surface area contributed by atoms with Crippen molar-refractivity contribution in [3.8, 4) is 0 Å². The summed E-state index contributed by atoms with van der Waals surface area (Å²) in [6.07, 6.45) is 6.93. The van der Waals surface area contributed by atoms with Crippen molar-refractivity contribution in [2.24, 2.45) is 11.8 Å². The van der Waals surface area contributed by atoms with Crippen LogP contribution in [-0.4, -0.2) is 22.4 Å². The third-order valence-electron chi connectivity index (χ3n) is 3.85. The van der Waals surface area contributed by atoms with Crippen molar-refractivity contribution in [2.45, 2.75) is 84.8 Å². The lowest BCUT2D eigenvalue weighted by atomic mass is 9.85. The van der Waals surface area contributed by atoms with Gasteiger partial charge in [-0.25, -0.2) is 0 Å². The van der Waals surface area contributed by atoms with Crippen LogP contribution >= 0.6 is 0 Å². The van der Waals surface area contributed by atoms with Crippen molar-refractivity contribution in [2.75, 3.05) is 0 Å². The molecule has 2 nitrogen and oxygen atoms in total. The predicted molar refractivity (Wildman–Crippen MR) is 74.0 cm³/mol. The fourth-order valence-electron chi connectivity index (χ4n) is 2.31. The van der Waals surface area contributed by atoms with Crippen LogP contribution in [0.3, 0.4) is 0 Å². The van der Waals surface area contributed by atoms with Gasteiger partial charge >= 0.3 is 0 Å². The standard InChI is InChI=1S/C15H32O2/c1-5-7-9-11-14(16)13(4)15(17)12(3)10-8-6-2/h12-17H,5-11H2,1-4H3/t12-,13-,14-,15-/m1/s1. The van der Waals surface area contributed by atoms with E-state index in [1.54, 1.807) is 0 Å². The lowest BCUT2D eigenvalue weighted by molar-refractivity contribution is -0.0123. The Morgan fingerprint density at radius 3 is 1.94 bits per heavy atom. The van der Waals surface area contributed by atoms with Crippen molar-refractivity contribution < 1.29 is 10.2 Å². The molecule has 0 unspecified atom stereocenters. The maximum absolute atomic E-state index is 10.2. The zero-order chi connectivity index (χ0) is 13.3. The molecule has 2 heteroatoms. The van der Waals surface area contributed by atoms with Crippen LogP contribution in [0.5, 0.6) is 0 Å². The number of hydrogen-bond acceptors (Lipinski definition) is 2. The summed E-state index contributed by atoms with van der Waals surface area (Å²) in [5.41, 5.74) is 0. The van der Waals surface area contributed by atoms with E-state index < -0.39 is 0 Å². The fraction of sp³-hybridized carbons (Fsp3) is 1.00. The fourth-order valence-corrected chi connectivity index (χ4v) is 2.31. The molecule has 0 aliphatic carbocycles. The first kappa shape index (κ1) is 16.9. The molecule has 0 amide bonds. The van der Waals surface area contributed by atoms with E-state index in [-0.39, 0.29) is 18.1 Å². The van der Waals surface area contributed by atoms with Gasteiger partial charge in [-0.1, -0.05) is 59.8 Å². The first-order valence-corrected chi connectivity index (χ1v) is 7.40. The molecule has 0 saturated carbocycles. The normalized spacial score (nSPS) is 18.7. The molecular weight excluding hydrogens is 212 g/mol. The molecule has 0 aliphatic heterocycles. The quantitative estimate of drug-likeness (QED) is 0.575. The summed E-state index contributed by atoms with van der Waals surface area (Å²) in [5, 5.41) is 20.2. The van der Waals surface area contributed by atoms with Crippen LogP contribution in [0.25, 0.3) is 0 Å². The molecule has 0 saturated heterocycles. The molecule has 0 radical (unpaired) electrons. The number of aliphatic hydroxyl groups excluding tert-OH is 2. The van der Waals surface area contributed by atoms with Crippen molar-refractivity contribution in [1.82, 2.24) is 0 Å². The van der Waals surface area contributed by atoms with E-state index in [4.69, 9.17) is 0 Å². The molecule has 0 aliphatic rings. The second-order valence-corrected chi connectivity index (χ2v) is 5.53. The summed E-state index contributed by atoms with van der Waals surface area (Å²) >= 11 is 0. The zero-order valence-electron chi connectivity index (χ0n) is 12.2. The molecule has 0 spiro atoms. The Morgan fingerprint density at radius 1 is 0.824 bits per heavy atom. The van der Waals surface area contributed by atoms with Gasteiger partial charge in [-0.2, -0.15) is 0 Å². The number of hydrogen-bond donors (Lipinski definition) is 2. The monoisotopic (exact) mass is 244 g/mol. The summed E-state index contributed by atoms with van der Waals surface area (Å²) in [6.45, 7) is 8.40. The molecule has 4 atom stereocenters. The SMILES string of the molecule is CCCCC[C@@H](O)[C@@H](C)[C@H](O)[C@H](C)CCCC. The van der Waals surface area contributed by atoms with Crippen LogP contribution in [0.15, 0.2) is 0 Å². The maximum Gasteiger partial charge on any atom is 0.0615 e. The van der Waals surface area contributed by atoms with Gasteiger partial charge < -0.3 is 10.2 Å². The molecule has 0 rings (SSSR count). The number of unbranched alkanes of at least 4 members (excludes halogenated alkanes) is 3. The zero-order valence-corrected chi connectivity index (χ0v) is 12.2. The van der Waals surface area contributed by atoms with Gasteiger partial charge in [0.2, 0.25) is 0 Å². The van der Waals surface area contributed by atoms with E-state index in [0.29, 0.717) is 5.92 Å². The third-order valence-corrected chi connectivity index (χ3v) is 3.85. The van der Waals surface area contributed by atoms with E-state index in [0.717, 1.165) is 25.7 Å². The summed E-state index contributed by atoms with van der Waals surface area (Å²) < 4.78 is 0. The molecule has 2 N–H and O–H groups in total. The topological polar surface area (TPSA) is 40.5 Å². The summed E-state index contributed by atoms with van der Waals surface area (Å²) in [6, 6.07) is 0. The second kappa shape index (κ2) is 9.90. The molecule has 0 bridgehead atoms. The van der Waals surface area contributed by atoms with Crippen molar-refractivity contribution >= 4 is 0 Å². The lowest BCUT2D eigenvalue weighted by Crippen LogP contribution is -2.34. The smallest absolute Gasteiger partial charge is 0.0615 e. The van der Waals surface area contributed by atoms with Crippen molar-refractivity contribution in [3.05, 3.63) is 0 Å². The van der Waals surface area contributed by atoms with Crippen LogP contribution in [0.1, 0.15) is 72.6 Å². The first-order chi connectivity index (χ1) is 8.04. The summed E-state index contributed by atoms with van der Waals surface area (Å²) in [5.74, 6) is 0.296. The molecule has 0 aromatic heterocycles. The molecule has 0 heterocycles. The minimum Gasteiger partial charge on any atom is -0.393 e. The lowest BCUT2D eigenvalue weighted by Gasteiger charge is -2.28. The highest BCUT2D eigenvalue weighted by Crippen LogP contribution is 2.23. The Balaban J connectivity index is 3.95. The van der Waals surface area contributed by atoms with Crippen LogP contribution in [-0.2, 0) is 0 Å². The molecule has 104 valence electrons. The minimum atomic E-state index is -0.363. The third kappa shape index (κ3) is 7.05. The molecule has 17 heavy (non-hydrogen) atoms. The number of aliphatic hydroxyl groups is 2. The second-order valence-electron chi connectivity index (χ2n) is 5.53. The highest BCUT2D eigenvalue weighted by Gasteiger charge is 2.26. The van der Waals surface area contributed by atoms with Gasteiger partial charge in [0.1, 0.15) is 0 Å².